The summed E-state index contributed by atoms with van der Waals surface area (Å²) in [6, 6.07) is 7.43. The number of benzene rings is 1. The maximum atomic E-state index is 12.6. The molecule has 21 heavy (non-hydrogen) atoms. The van der Waals surface area contributed by atoms with E-state index in [2.05, 4.69) is 10.6 Å². The van der Waals surface area contributed by atoms with Gasteiger partial charge in [0.15, 0.2) is 0 Å². The van der Waals surface area contributed by atoms with E-state index in [4.69, 9.17) is 11.6 Å². The minimum Gasteiger partial charge on any atom is -0.354 e. The summed E-state index contributed by atoms with van der Waals surface area (Å²) in [5.74, 6) is 0.0383. The molecule has 1 aliphatic rings. The first-order chi connectivity index (χ1) is 9.97. The monoisotopic (exact) mass is 308 g/mol. The summed E-state index contributed by atoms with van der Waals surface area (Å²) in [4.78, 5) is 23.7. The lowest BCUT2D eigenvalue weighted by molar-refractivity contribution is -0.127. The predicted molar refractivity (Wildman–Crippen MR) is 83.2 cm³/mol. The average Bonchev–Trinajstić information content (AvgIpc) is 2.43. The standard InChI is InChI=1S/C16H21ClN2O2/c1-10(2)15(11-3-5-12(17)6-4-11)16(21)19-13-7-8-14(20)18-9-13/h3-6,10,13,15H,7-9H2,1-2H3,(H,18,20)(H,19,21). The highest BCUT2D eigenvalue weighted by Crippen LogP contribution is 2.26. The zero-order chi connectivity index (χ0) is 15.4. The Morgan fingerprint density at radius 3 is 2.52 bits per heavy atom. The largest absolute Gasteiger partial charge is 0.354 e. The molecule has 1 aliphatic heterocycles. The molecule has 1 aromatic carbocycles. The van der Waals surface area contributed by atoms with Gasteiger partial charge in [-0.05, 0) is 30.0 Å². The van der Waals surface area contributed by atoms with Gasteiger partial charge in [0.05, 0.1) is 5.92 Å². The fraction of sp³-hybridized carbons (Fsp3) is 0.500. The minimum atomic E-state index is -0.208. The number of rotatable bonds is 4. The Bertz CT molecular complexity index is 504. The highest BCUT2D eigenvalue weighted by atomic mass is 35.5. The van der Waals surface area contributed by atoms with E-state index in [0.717, 1.165) is 5.56 Å². The number of carbonyl (C=O) groups excluding carboxylic acids is 2. The van der Waals surface area contributed by atoms with Gasteiger partial charge in [-0.1, -0.05) is 37.6 Å². The van der Waals surface area contributed by atoms with Gasteiger partial charge in [-0.15, -0.1) is 0 Å². The molecule has 0 aromatic heterocycles. The Kier molecular flexibility index (Phi) is 5.23. The lowest BCUT2D eigenvalue weighted by Crippen LogP contribution is -2.49. The average molecular weight is 309 g/mol. The second-order valence-electron chi connectivity index (χ2n) is 5.82. The molecule has 2 rings (SSSR count). The molecule has 2 N–H and O–H groups in total. The van der Waals surface area contributed by atoms with Crippen molar-refractivity contribution in [1.82, 2.24) is 10.6 Å². The zero-order valence-electron chi connectivity index (χ0n) is 12.4. The smallest absolute Gasteiger partial charge is 0.228 e. The van der Waals surface area contributed by atoms with Crippen molar-refractivity contribution in [2.75, 3.05) is 6.54 Å². The van der Waals surface area contributed by atoms with Crippen LogP contribution in [0.15, 0.2) is 24.3 Å². The van der Waals surface area contributed by atoms with Crippen LogP contribution in [0.1, 0.15) is 38.2 Å². The van der Waals surface area contributed by atoms with Crippen molar-refractivity contribution in [3.8, 4) is 0 Å². The molecule has 2 amide bonds. The highest BCUT2D eigenvalue weighted by Gasteiger charge is 2.27. The number of nitrogens with one attached hydrogen (secondary N) is 2. The van der Waals surface area contributed by atoms with Crippen LogP contribution >= 0.6 is 11.6 Å². The van der Waals surface area contributed by atoms with Crippen LogP contribution in [0.5, 0.6) is 0 Å². The molecule has 0 aliphatic carbocycles. The first kappa shape index (κ1) is 15.8. The Hall–Kier alpha value is -1.55. The van der Waals surface area contributed by atoms with Crippen LogP contribution in [0.25, 0.3) is 0 Å². The van der Waals surface area contributed by atoms with Crippen LogP contribution in [0.4, 0.5) is 0 Å². The number of piperidine rings is 1. The third-order valence-corrected chi connectivity index (χ3v) is 4.04. The lowest BCUT2D eigenvalue weighted by atomic mass is 9.87. The van der Waals surface area contributed by atoms with Gasteiger partial charge in [-0.3, -0.25) is 9.59 Å². The van der Waals surface area contributed by atoms with Crippen LogP contribution in [-0.2, 0) is 9.59 Å². The molecule has 0 bridgehead atoms. The van der Waals surface area contributed by atoms with Crippen LogP contribution in [0.3, 0.4) is 0 Å². The van der Waals surface area contributed by atoms with Gasteiger partial charge < -0.3 is 10.6 Å². The lowest BCUT2D eigenvalue weighted by Gasteiger charge is -2.27. The van der Waals surface area contributed by atoms with Crippen molar-refractivity contribution < 1.29 is 9.59 Å². The molecule has 1 fully saturated rings. The molecule has 1 aromatic rings. The summed E-state index contributed by atoms with van der Waals surface area (Å²) in [6.45, 7) is 4.57. The number of hydrogen-bond acceptors (Lipinski definition) is 2. The SMILES string of the molecule is CC(C)C(C(=O)NC1CCC(=O)NC1)c1ccc(Cl)cc1. The van der Waals surface area contributed by atoms with E-state index < -0.39 is 0 Å². The van der Waals surface area contributed by atoms with Crippen LogP contribution < -0.4 is 10.6 Å². The summed E-state index contributed by atoms with van der Waals surface area (Å²) >= 11 is 5.90. The molecule has 1 heterocycles. The Morgan fingerprint density at radius 2 is 2.00 bits per heavy atom. The maximum absolute atomic E-state index is 12.6. The van der Waals surface area contributed by atoms with Gasteiger partial charge in [0.2, 0.25) is 11.8 Å². The van der Waals surface area contributed by atoms with E-state index in [0.29, 0.717) is 24.4 Å². The molecular formula is C16H21ClN2O2. The summed E-state index contributed by atoms with van der Waals surface area (Å²) in [6.07, 6.45) is 1.17. The number of hydrogen-bond donors (Lipinski definition) is 2. The quantitative estimate of drug-likeness (QED) is 0.898. The molecule has 114 valence electrons. The van der Waals surface area contributed by atoms with Crippen molar-refractivity contribution in [3.05, 3.63) is 34.9 Å². The predicted octanol–water partition coefficient (Wildman–Crippen LogP) is 2.47. The number of amides is 2. The molecule has 4 nitrogen and oxygen atoms in total. The molecule has 2 unspecified atom stereocenters. The Morgan fingerprint density at radius 1 is 1.33 bits per heavy atom. The fourth-order valence-corrected chi connectivity index (χ4v) is 2.78. The van der Waals surface area contributed by atoms with Gasteiger partial charge in [0.25, 0.3) is 0 Å². The van der Waals surface area contributed by atoms with E-state index in [1.807, 2.05) is 26.0 Å². The molecule has 5 heteroatoms. The van der Waals surface area contributed by atoms with Crippen LogP contribution in [0.2, 0.25) is 5.02 Å². The molecule has 0 spiro atoms. The first-order valence-corrected chi connectivity index (χ1v) is 7.67. The van der Waals surface area contributed by atoms with Crippen molar-refractivity contribution in [2.24, 2.45) is 5.92 Å². The van der Waals surface area contributed by atoms with Gasteiger partial charge >= 0.3 is 0 Å². The van der Waals surface area contributed by atoms with E-state index in [1.54, 1.807) is 12.1 Å². The van der Waals surface area contributed by atoms with Crippen molar-refractivity contribution in [3.63, 3.8) is 0 Å². The Labute approximate surface area is 130 Å². The normalized spacial score (nSPS) is 20.0. The molecule has 0 saturated carbocycles. The highest BCUT2D eigenvalue weighted by molar-refractivity contribution is 6.30. The van der Waals surface area contributed by atoms with Crippen molar-refractivity contribution in [1.29, 1.82) is 0 Å². The third-order valence-electron chi connectivity index (χ3n) is 3.79. The third kappa shape index (κ3) is 4.21. The van der Waals surface area contributed by atoms with Gasteiger partial charge in [-0.25, -0.2) is 0 Å². The zero-order valence-corrected chi connectivity index (χ0v) is 13.1. The van der Waals surface area contributed by atoms with E-state index >= 15 is 0 Å². The van der Waals surface area contributed by atoms with E-state index in [1.165, 1.54) is 0 Å². The van der Waals surface area contributed by atoms with Crippen molar-refractivity contribution in [2.45, 2.75) is 38.6 Å². The van der Waals surface area contributed by atoms with Crippen LogP contribution in [-0.4, -0.2) is 24.4 Å². The summed E-state index contributed by atoms with van der Waals surface area (Å²) < 4.78 is 0. The van der Waals surface area contributed by atoms with E-state index in [-0.39, 0.29) is 29.7 Å². The molecule has 2 atom stereocenters. The minimum absolute atomic E-state index is 0.00784. The number of carbonyl (C=O) groups is 2. The maximum Gasteiger partial charge on any atom is 0.228 e. The summed E-state index contributed by atoms with van der Waals surface area (Å²) in [5.41, 5.74) is 0.965. The van der Waals surface area contributed by atoms with Crippen molar-refractivity contribution >= 4 is 23.4 Å². The summed E-state index contributed by atoms with van der Waals surface area (Å²) in [7, 11) is 0. The van der Waals surface area contributed by atoms with Gasteiger partial charge in [-0.2, -0.15) is 0 Å². The summed E-state index contributed by atoms with van der Waals surface area (Å²) in [5, 5.41) is 6.49. The first-order valence-electron chi connectivity index (χ1n) is 7.30. The molecule has 1 saturated heterocycles. The van der Waals surface area contributed by atoms with Gasteiger partial charge in [0, 0.05) is 24.0 Å². The second-order valence-corrected chi connectivity index (χ2v) is 6.26. The van der Waals surface area contributed by atoms with Crippen LogP contribution in [0, 0.1) is 5.92 Å². The number of halogens is 1. The van der Waals surface area contributed by atoms with E-state index in [9.17, 15) is 9.59 Å². The second kappa shape index (κ2) is 6.94. The molecule has 0 radical (unpaired) electrons. The van der Waals surface area contributed by atoms with Gasteiger partial charge in [0.1, 0.15) is 0 Å². The Balaban J connectivity index is 2.05. The fourth-order valence-electron chi connectivity index (χ4n) is 2.66. The molecular weight excluding hydrogens is 288 g/mol. The topological polar surface area (TPSA) is 58.2 Å².